The fourth-order valence-electron chi connectivity index (χ4n) is 2.31. The van der Waals surface area contributed by atoms with E-state index in [4.69, 9.17) is 15.9 Å². The minimum atomic E-state index is -0.541. The molecule has 0 spiro atoms. The van der Waals surface area contributed by atoms with Crippen LogP contribution < -0.4 is 4.74 Å². The van der Waals surface area contributed by atoms with E-state index in [1.807, 2.05) is 18.2 Å². The second kappa shape index (κ2) is 11.1. The quantitative estimate of drug-likeness (QED) is 0.503. The van der Waals surface area contributed by atoms with Gasteiger partial charge in [0.2, 0.25) is 0 Å². The van der Waals surface area contributed by atoms with Crippen LogP contribution >= 0.6 is 0 Å². The smallest absolute Gasteiger partial charge is 0.119 e. The number of aliphatic hydroxyl groups excluding tert-OH is 1. The summed E-state index contributed by atoms with van der Waals surface area (Å²) in [6.07, 6.45) is 5.69. The minimum Gasteiger partial charge on any atom is -0.497 e. The van der Waals surface area contributed by atoms with E-state index in [9.17, 15) is 5.11 Å². The summed E-state index contributed by atoms with van der Waals surface area (Å²) in [4.78, 5) is 2.25. The Morgan fingerprint density at radius 2 is 2.13 bits per heavy atom. The van der Waals surface area contributed by atoms with E-state index in [-0.39, 0.29) is 13.2 Å². The Morgan fingerprint density at radius 1 is 1.35 bits per heavy atom. The monoisotopic (exact) mass is 319 g/mol. The molecule has 0 fully saturated rings. The molecule has 0 heterocycles. The second-order valence-corrected chi connectivity index (χ2v) is 6.14. The molecule has 4 nitrogen and oxygen atoms in total. The Hall–Kier alpha value is -1.54. The first-order valence-electron chi connectivity index (χ1n) is 8.09. The molecule has 4 heteroatoms. The van der Waals surface area contributed by atoms with Gasteiger partial charge < -0.3 is 14.6 Å². The number of ether oxygens (including phenoxy) is 2. The lowest BCUT2D eigenvalue weighted by molar-refractivity contribution is 0.0252. The summed E-state index contributed by atoms with van der Waals surface area (Å²) in [7, 11) is 1.67. The molecule has 1 rings (SSSR count). The van der Waals surface area contributed by atoms with Gasteiger partial charge in [-0.2, -0.15) is 0 Å². The molecule has 0 saturated carbocycles. The number of nitrogens with zero attached hydrogens (tertiary/aromatic N) is 1. The van der Waals surface area contributed by atoms with E-state index in [0.29, 0.717) is 12.5 Å². The van der Waals surface area contributed by atoms with Crippen molar-refractivity contribution in [3.63, 3.8) is 0 Å². The number of hydrogen-bond donors (Lipinski definition) is 1. The molecule has 128 valence electrons. The van der Waals surface area contributed by atoms with Crippen LogP contribution in [-0.2, 0) is 11.3 Å². The van der Waals surface area contributed by atoms with Gasteiger partial charge in [0, 0.05) is 13.1 Å². The first kappa shape index (κ1) is 19.5. The lowest BCUT2D eigenvalue weighted by atomic mass is 10.1. The second-order valence-electron chi connectivity index (χ2n) is 6.14. The highest BCUT2D eigenvalue weighted by Gasteiger charge is 2.13. The van der Waals surface area contributed by atoms with Crippen LogP contribution in [0.5, 0.6) is 5.75 Å². The molecule has 0 saturated heterocycles. The predicted octanol–water partition coefficient (Wildman–Crippen LogP) is 2.55. The van der Waals surface area contributed by atoms with Gasteiger partial charge in [-0.15, -0.1) is 6.42 Å². The largest absolute Gasteiger partial charge is 0.497 e. The Morgan fingerprint density at radius 3 is 2.78 bits per heavy atom. The lowest BCUT2D eigenvalue weighted by Gasteiger charge is -2.26. The van der Waals surface area contributed by atoms with E-state index in [1.54, 1.807) is 7.11 Å². The summed E-state index contributed by atoms with van der Waals surface area (Å²) in [6.45, 7) is 7.18. The summed E-state index contributed by atoms with van der Waals surface area (Å²) < 4.78 is 10.5. The third-order valence-electron chi connectivity index (χ3n) is 3.53. The normalized spacial score (nSPS) is 12.4. The van der Waals surface area contributed by atoms with Crippen LogP contribution in [0.4, 0.5) is 0 Å². The van der Waals surface area contributed by atoms with Gasteiger partial charge in [-0.3, -0.25) is 4.90 Å². The predicted molar refractivity (Wildman–Crippen MR) is 93.4 cm³/mol. The van der Waals surface area contributed by atoms with E-state index >= 15 is 0 Å². The zero-order valence-corrected chi connectivity index (χ0v) is 14.5. The van der Waals surface area contributed by atoms with Gasteiger partial charge in [0.25, 0.3) is 0 Å². The zero-order valence-electron chi connectivity index (χ0n) is 14.5. The average molecular weight is 319 g/mol. The Balaban J connectivity index is 2.61. The molecule has 1 aromatic carbocycles. The number of aliphatic hydroxyl groups is 1. The van der Waals surface area contributed by atoms with E-state index in [2.05, 4.69) is 30.7 Å². The molecule has 1 aromatic rings. The molecule has 0 bridgehead atoms. The molecular weight excluding hydrogens is 290 g/mol. The third-order valence-corrected chi connectivity index (χ3v) is 3.53. The van der Waals surface area contributed by atoms with Gasteiger partial charge in [-0.1, -0.05) is 31.9 Å². The number of rotatable bonds is 11. The highest BCUT2D eigenvalue weighted by atomic mass is 16.5. The molecule has 0 aliphatic heterocycles. The standard InChI is InChI=1S/C19H29NO3/c1-5-11-23-15-18(21)14-20(10-9-16(2)3)13-17-7-6-8-19(12-17)22-4/h1,6-8,12,16,18,21H,9-11,13-15H2,2-4H3/t18-/m1/s1. The van der Waals surface area contributed by atoms with Crippen molar-refractivity contribution in [1.29, 1.82) is 0 Å². The highest BCUT2D eigenvalue weighted by molar-refractivity contribution is 5.28. The number of methoxy groups -OCH3 is 1. The number of benzene rings is 1. The van der Waals surface area contributed by atoms with Gasteiger partial charge >= 0.3 is 0 Å². The minimum absolute atomic E-state index is 0.235. The summed E-state index contributed by atoms with van der Waals surface area (Å²) in [5.41, 5.74) is 1.17. The van der Waals surface area contributed by atoms with E-state index in [0.717, 1.165) is 25.3 Å². The Bertz CT molecular complexity index is 482. The maximum atomic E-state index is 10.1. The number of terminal acetylenes is 1. The van der Waals surface area contributed by atoms with Crippen LogP contribution in [0.2, 0.25) is 0 Å². The molecule has 0 aliphatic carbocycles. The zero-order chi connectivity index (χ0) is 17.1. The average Bonchev–Trinajstić information content (AvgIpc) is 2.53. The summed E-state index contributed by atoms with van der Waals surface area (Å²) in [5.74, 6) is 3.88. The van der Waals surface area contributed by atoms with Gasteiger partial charge in [-0.25, -0.2) is 0 Å². The molecule has 0 amide bonds. The van der Waals surface area contributed by atoms with Crippen LogP contribution in [0.25, 0.3) is 0 Å². The van der Waals surface area contributed by atoms with E-state index in [1.165, 1.54) is 5.56 Å². The Kier molecular flexibility index (Phi) is 9.39. The fraction of sp³-hybridized carbons (Fsp3) is 0.579. The van der Waals surface area contributed by atoms with Crippen molar-refractivity contribution in [1.82, 2.24) is 4.90 Å². The summed E-state index contributed by atoms with van der Waals surface area (Å²) in [5, 5.41) is 10.1. The van der Waals surface area contributed by atoms with Gasteiger partial charge in [0.15, 0.2) is 0 Å². The molecule has 0 aromatic heterocycles. The molecule has 1 N–H and O–H groups in total. The van der Waals surface area contributed by atoms with Crippen molar-refractivity contribution in [3.8, 4) is 18.1 Å². The Labute approximate surface area is 140 Å². The molecular formula is C19H29NO3. The van der Waals surface area contributed by atoms with Crippen LogP contribution in [-0.4, -0.2) is 49.5 Å². The lowest BCUT2D eigenvalue weighted by Crippen LogP contribution is -2.35. The van der Waals surface area contributed by atoms with Crippen LogP contribution in [0.3, 0.4) is 0 Å². The SMILES string of the molecule is C#CCOC[C@H](O)CN(CCC(C)C)Cc1cccc(OC)c1. The van der Waals surface area contributed by atoms with Crippen LogP contribution in [0, 0.1) is 18.3 Å². The van der Waals surface area contributed by atoms with Crippen LogP contribution in [0.1, 0.15) is 25.8 Å². The first-order chi connectivity index (χ1) is 11.0. The van der Waals surface area contributed by atoms with Crippen molar-refractivity contribution < 1.29 is 14.6 Å². The van der Waals surface area contributed by atoms with Crippen molar-refractivity contribution in [3.05, 3.63) is 29.8 Å². The topological polar surface area (TPSA) is 41.9 Å². The molecule has 23 heavy (non-hydrogen) atoms. The summed E-state index contributed by atoms with van der Waals surface area (Å²) in [6, 6.07) is 8.03. The van der Waals surface area contributed by atoms with Crippen LogP contribution in [0.15, 0.2) is 24.3 Å². The molecule has 0 unspecified atom stereocenters. The van der Waals surface area contributed by atoms with Crippen molar-refractivity contribution in [2.24, 2.45) is 5.92 Å². The fourth-order valence-corrected chi connectivity index (χ4v) is 2.31. The highest BCUT2D eigenvalue weighted by Crippen LogP contribution is 2.15. The van der Waals surface area contributed by atoms with Crippen molar-refractivity contribution in [2.75, 3.05) is 33.4 Å². The molecule has 0 radical (unpaired) electrons. The maximum Gasteiger partial charge on any atom is 0.119 e. The van der Waals surface area contributed by atoms with Gasteiger partial charge in [0.1, 0.15) is 12.4 Å². The van der Waals surface area contributed by atoms with Gasteiger partial charge in [-0.05, 0) is 36.6 Å². The first-order valence-corrected chi connectivity index (χ1v) is 8.09. The van der Waals surface area contributed by atoms with Crippen molar-refractivity contribution in [2.45, 2.75) is 32.9 Å². The molecule has 1 atom stereocenters. The number of hydrogen-bond acceptors (Lipinski definition) is 4. The molecule has 0 aliphatic rings. The van der Waals surface area contributed by atoms with Crippen molar-refractivity contribution >= 4 is 0 Å². The third kappa shape index (κ3) is 8.61. The summed E-state index contributed by atoms with van der Waals surface area (Å²) >= 11 is 0. The van der Waals surface area contributed by atoms with Gasteiger partial charge in [0.05, 0.1) is 19.8 Å². The van der Waals surface area contributed by atoms with E-state index < -0.39 is 6.10 Å². The maximum absolute atomic E-state index is 10.1.